The molecule has 1 aromatic carbocycles. The lowest BCUT2D eigenvalue weighted by Crippen LogP contribution is -2.64. The van der Waals surface area contributed by atoms with Crippen molar-refractivity contribution in [1.82, 2.24) is 0 Å². The molecule has 1 spiro atoms. The van der Waals surface area contributed by atoms with Crippen LogP contribution in [0.2, 0.25) is 0 Å². The number of ether oxygens (including phenoxy) is 1. The zero-order valence-corrected chi connectivity index (χ0v) is 12.6. The lowest BCUT2D eigenvalue weighted by atomic mass is 9.51. The second-order valence-electron chi connectivity index (χ2n) is 6.22. The maximum atomic E-state index is 11.0. The van der Waals surface area contributed by atoms with Crippen LogP contribution in [0.5, 0.6) is 0 Å². The number of nitrogens with zero attached hydrogens (tertiary/aromatic N) is 1. The van der Waals surface area contributed by atoms with Crippen LogP contribution in [0.4, 0.5) is 11.4 Å². The van der Waals surface area contributed by atoms with Crippen LogP contribution in [0, 0.1) is 22.5 Å². The highest BCUT2D eigenvalue weighted by Gasteiger charge is 2.58. The van der Waals surface area contributed by atoms with Gasteiger partial charge >= 0.3 is 0 Å². The number of nitro benzene ring substituents is 1. The van der Waals surface area contributed by atoms with E-state index < -0.39 is 0 Å². The van der Waals surface area contributed by atoms with Crippen molar-refractivity contribution in [3.63, 3.8) is 0 Å². The van der Waals surface area contributed by atoms with Crippen molar-refractivity contribution < 1.29 is 9.66 Å². The number of nitro groups is 1. The van der Waals surface area contributed by atoms with Gasteiger partial charge in [-0.3, -0.25) is 10.1 Å². The minimum atomic E-state index is -0.316. The molecule has 0 radical (unpaired) electrons. The standard InChI is InChI=1S/C16H22N2O3/c1-3-21-15-10-14(16(15)7-4-8-16)17-12-6-5-11(2)13(9-12)18(19)20/h5-6,9,14-15,17H,3-4,7-8,10H2,1-2H3. The predicted molar refractivity (Wildman–Crippen MR) is 81.6 cm³/mol. The van der Waals surface area contributed by atoms with E-state index in [1.807, 2.05) is 19.1 Å². The maximum absolute atomic E-state index is 11.0. The number of aryl methyl sites for hydroxylation is 1. The summed E-state index contributed by atoms with van der Waals surface area (Å²) in [6.45, 7) is 4.56. The molecule has 2 aliphatic carbocycles. The molecule has 0 amide bonds. The van der Waals surface area contributed by atoms with E-state index in [4.69, 9.17) is 4.74 Å². The zero-order chi connectivity index (χ0) is 15.0. The Morgan fingerprint density at radius 1 is 1.48 bits per heavy atom. The van der Waals surface area contributed by atoms with Crippen LogP contribution in [0.3, 0.4) is 0 Å². The van der Waals surface area contributed by atoms with E-state index in [0.717, 1.165) is 18.7 Å². The van der Waals surface area contributed by atoms with Crippen molar-refractivity contribution in [2.75, 3.05) is 11.9 Å². The van der Waals surface area contributed by atoms with Gasteiger partial charge in [0.25, 0.3) is 5.69 Å². The molecule has 2 fully saturated rings. The minimum Gasteiger partial charge on any atom is -0.381 e. The molecule has 1 N–H and O–H groups in total. The molecular weight excluding hydrogens is 268 g/mol. The summed E-state index contributed by atoms with van der Waals surface area (Å²) in [6, 6.07) is 5.77. The fourth-order valence-corrected chi connectivity index (χ4v) is 3.74. The summed E-state index contributed by atoms with van der Waals surface area (Å²) in [4.78, 5) is 10.7. The second kappa shape index (κ2) is 5.30. The third-order valence-corrected chi connectivity index (χ3v) is 5.18. The molecule has 21 heavy (non-hydrogen) atoms. The molecule has 0 saturated heterocycles. The van der Waals surface area contributed by atoms with Gasteiger partial charge in [0.15, 0.2) is 0 Å². The average Bonchev–Trinajstić information content (AvgIpc) is 2.37. The third-order valence-electron chi connectivity index (χ3n) is 5.18. The number of benzene rings is 1. The SMILES string of the molecule is CCOC1CC(Nc2ccc(C)c([N+](=O)[O-])c2)C12CCC2. The molecule has 0 aliphatic heterocycles. The van der Waals surface area contributed by atoms with Crippen LogP contribution in [0.25, 0.3) is 0 Å². The van der Waals surface area contributed by atoms with Gasteiger partial charge in [-0.25, -0.2) is 0 Å². The van der Waals surface area contributed by atoms with Gasteiger partial charge in [0.2, 0.25) is 0 Å². The van der Waals surface area contributed by atoms with Crippen molar-refractivity contribution in [2.24, 2.45) is 5.41 Å². The van der Waals surface area contributed by atoms with Gasteiger partial charge in [0, 0.05) is 35.4 Å². The quantitative estimate of drug-likeness (QED) is 0.664. The molecule has 3 rings (SSSR count). The highest BCUT2D eigenvalue weighted by molar-refractivity contribution is 5.56. The Labute approximate surface area is 124 Å². The Balaban J connectivity index is 1.73. The van der Waals surface area contributed by atoms with Crippen LogP contribution in [-0.4, -0.2) is 23.7 Å². The van der Waals surface area contributed by atoms with Gasteiger partial charge in [0.05, 0.1) is 11.0 Å². The summed E-state index contributed by atoms with van der Waals surface area (Å²) in [5.41, 5.74) is 1.99. The average molecular weight is 290 g/mol. The molecule has 2 unspecified atom stereocenters. The van der Waals surface area contributed by atoms with E-state index in [1.54, 1.807) is 13.0 Å². The van der Waals surface area contributed by atoms with Crippen molar-refractivity contribution in [2.45, 2.75) is 51.7 Å². The van der Waals surface area contributed by atoms with Crippen LogP contribution >= 0.6 is 0 Å². The van der Waals surface area contributed by atoms with Crippen molar-refractivity contribution in [1.29, 1.82) is 0 Å². The second-order valence-corrected chi connectivity index (χ2v) is 6.22. The number of nitrogens with one attached hydrogen (secondary N) is 1. The monoisotopic (exact) mass is 290 g/mol. The number of anilines is 1. The van der Waals surface area contributed by atoms with Crippen LogP contribution < -0.4 is 5.32 Å². The Morgan fingerprint density at radius 3 is 2.81 bits per heavy atom. The molecule has 1 aromatic rings. The molecule has 2 aliphatic rings. The lowest BCUT2D eigenvalue weighted by molar-refractivity contribution is -0.385. The molecule has 0 aromatic heterocycles. The summed E-state index contributed by atoms with van der Waals surface area (Å²) in [5.74, 6) is 0. The van der Waals surface area contributed by atoms with Crippen molar-refractivity contribution in [3.05, 3.63) is 33.9 Å². The highest BCUT2D eigenvalue weighted by Crippen LogP contribution is 2.58. The smallest absolute Gasteiger partial charge is 0.274 e. The van der Waals surface area contributed by atoms with Gasteiger partial charge in [-0.1, -0.05) is 12.5 Å². The number of hydrogen-bond acceptors (Lipinski definition) is 4. The van der Waals surface area contributed by atoms with E-state index in [9.17, 15) is 10.1 Å². The first-order valence-electron chi connectivity index (χ1n) is 7.70. The van der Waals surface area contributed by atoms with Gasteiger partial charge in [-0.2, -0.15) is 0 Å². The van der Waals surface area contributed by atoms with Crippen molar-refractivity contribution >= 4 is 11.4 Å². The normalized spacial score (nSPS) is 26.0. The van der Waals surface area contributed by atoms with Crippen LogP contribution in [0.15, 0.2) is 18.2 Å². The molecule has 114 valence electrons. The Morgan fingerprint density at radius 2 is 2.24 bits per heavy atom. The Hall–Kier alpha value is -1.62. The van der Waals surface area contributed by atoms with E-state index in [2.05, 4.69) is 5.32 Å². The third kappa shape index (κ3) is 2.29. The molecule has 2 atom stereocenters. The van der Waals surface area contributed by atoms with E-state index in [-0.39, 0.29) is 16.0 Å². The highest BCUT2D eigenvalue weighted by atomic mass is 16.6. The minimum absolute atomic E-state index is 0.184. The largest absolute Gasteiger partial charge is 0.381 e. The summed E-state index contributed by atoms with van der Waals surface area (Å²) in [7, 11) is 0. The molecule has 5 heteroatoms. The zero-order valence-electron chi connectivity index (χ0n) is 12.6. The maximum Gasteiger partial charge on any atom is 0.274 e. The molecule has 0 bridgehead atoms. The Bertz CT molecular complexity index is 554. The summed E-state index contributed by atoms with van der Waals surface area (Å²) >= 11 is 0. The van der Waals surface area contributed by atoms with Gasteiger partial charge in [-0.15, -0.1) is 0 Å². The first kappa shape index (κ1) is 14.3. The first-order valence-corrected chi connectivity index (χ1v) is 7.70. The fourth-order valence-electron chi connectivity index (χ4n) is 3.74. The lowest BCUT2D eigenvalue weighted by Gasteiger charge is -2.61. The van der Waals surface area contributed by atoms with Gasteiger partial charge in [-0.05, 0) is 39.2 Å². The van der Waals surface area contributed by atoms with E-state index in [1.165, 1.54) is 19.3 Å². The number of hydrogen-bond donors (Lipinski definition) is 1. The van der Waals surface area contributed by atoms with Crippen molar-refractivity contribution in [3.8, 4) is 0 Å². The van der Waals surface area contributed by atoms with E-state index in [0.29, 0.717) is 17.7 Å². The summed E-state index contributed by atoms with van der Waals surface area (Å²) < 4.78 is 5.84. The van der Waals surface area contributed by atoms with Gasteiger partial charge < -0.3 is 10.1 Å². The fraction of sp³-hybridized carbons (Fsp3) is 0.625. The number of rotatable bonds is 5. The molecule has 0 heterocycles. The van der Waals surface area contributed by atoms with Crippen LogP contribution in [-0.2, 0) is 4.74 Å². The molecule has 5 nitrogen and oxygen atoms in total. The summed E-state index contributed by atoms with van der Waals surface area (Å²) in [5, 5.41) is 14.5. The first-order chi connectivity index (χ1) is 10.1. The molecule has 2 saturated carbocycles. The Kier molecular flexibility index (Phi) is 3.61. The van der Waals surface area contributed by atoms with Gasteiger partial charge in [0.1, 0.15) is 0 Å². The van der Waals surface area contributed by atoms with E-state index >= 15 is 0 Å². The summed E-state index contributed by atoms with van der Waals surface area (Å²) in [6.07, 6.45) is 5.01. The topological polar surface area (TPSA) is 64.4 Å². The molecular formula is C16H22N2O3. The van der Waals surface area contributed by atoms with Crippen LogP contribution in [0.1, 0.15) is 38.2 Å². The predicted octanol–water partition coefficient (Wildman–Crippen LogP) is 3.66.